The number of benzene rings is 2. The molecule has 0 saturated carbocycles. The predicted octanol–water partition coefficient (Wildman–Crippen LogP) is 3.40. The Kier molecular flexibility index (Phi) is 8.68. The first kappa shape index (κ1) is 23.2. The first-order valence-corrected chi connectivity index (χ1v) is 9.89. The van der Waals surface area contributed by atoms with Gasteiger partial charge >= 0.3 is 12.1 Å². The summed E-state index contributed by atoms with van der Waals surface area (Å²) < 4.78 is 5.16. The van der Waals surface area contributed by atoms with E-state index in [2.05, 4.69) is 10.6 Å². The van der Waals surface area contributed by atoms with Crippen LogP contribution in [-0.4, -0.2) is 35.2 Å². The number of rotatable bonds is 9. The third-order valence-electron chi connectivity index (χ3n) is 4.40. The Hall–Kier alpha value is -3.06. The van der Waals surface area contributed by atoms with E-state index in [4.69, 9.17) is 16.3 Å². The second-order valence-electron chi connectivity index (χ2n) is 7.16. The van der Waals surface area contributed by atoms with Gasteiger partial charge in [-0.05, 0) is 29.2 Å². The fourth-order valence-corrected chi connectivity index (χ4v) is 2.87. The summed E-state index contributed by atoms with van der Waals surface area (Å²) in [6.07, 6.45) is -0.668. The zero-order chi connectivity index (χ0) is 22.1. The first-order valence-electron chi connectivity index (χ1n) is 9.51. The Morgan fingerprint density at radius 3 is 2.17 bits per heavy atom. The number of alkyl carbamates (subject to hydrolysis) is 1. The van der Waals surface area contributed by atoms with Crippen molar-refractivity contribution in [1.82, 2.24) is 10.6 Å². The second kappa shape index (κ2) is 11.2. The summed E-state index contributed by atoms with van der Waals surface area (Å²) in [5.74, 6) is -2.05. The summed E-state index contributed by atoms with van der Waals surface area (Å²) in [4.78, 5) is 36.5. The normalized spacial score (nSPS) is 12.7. The lowest BCUT2D eigenvalue weighted by molar-refractivity contribution is -0.142. The summed E-state index contributed by atoms with van der Waals surface area (Å²) in [5, 5.41) is 15.0. The Morgan fingerprint density at radius 1 is 0.967 bits per heavy atom. The zero-order valence-corrected chi connectivity index (χ0v) is 17.6. The van der Waals surface area contributed by atoms with Crippen LogP contribution in [0.2, 0.25) is 5.02 Å². The molecule has 2 aromatic carbocycles. The molecule has 0 saturated heterocycles. The third kappa shape index (κ3) is 7.40. The number of hydrogen-bond acceptors (Lipinski definition) is 4. The molecule has 0 radical (unpaired) electrons. The molecule has 0 spiro atoms. The molecule has 2 rings (SSSR count). The standard InChI is InChI=1S/C22H25ClN2O5/c1-14(2)19(25-22(29)30-13-16-6-4-3-5-7-16)20(26)24-18(21(27)28)12-15-8-10-17(23)11-9-15/h3-11,14,18-19H,12-13H2,1-2H3,(H,24,26)(H,25,29)(H,27,28)/t18-,19+/m0/s1. The van der Waals surface area contributed by atoms with Crippen molar-refractivity contribution < 1.29 is 24.2 Å². The van der Waals surface area contributed by atoms with Gasteiger partial charge in [-0.3, -0.25) is 4.79 Å². The van der Waals surface area contributed by atoms with Gasteiger partial charge in [-0.2, -0.15) is 0 Å². The van der Waals surface area contributed by atoms with E-state index >= 15 is 0 Å². The van der Waals surface area contributed by atoms with E-state index in [-0.39, 0.29) is 18.9 Å². The lowest BCUT2D eigenvalue weighted by atomic mass is 10.0. The molecule has 0 heterocycles. The number of carbonyl (C=O) groups is 3. The summed E-state index contributed by atoms with van der Waals surface area (Å²) in [7, 11) is 0. The molecule has 2 amide bonds. The molecule has 160 valence electrons. The maximum absolute atomic E-state index is 12.7. The van der Waals surface area contributed by atoms with Crippen LogP contribution in [0.1, 0.15) is 25.0 Å². The molecule has 0 bridgehead atoms. The van der Waals surface area contributed by atoms with Crippen LogP contribution in [0.5, 0.6) is 0 Å². The number of carboxylic acid groups (broad SMARTS) is 1. The topological polar surface area (TPSA) is 105 Å². The van der Waals surface area contributed by atoms with Gasteiger partial charge in [-0.1, -0.05) is 67.9 Å². The Balaban J connectivity index is 1.97. The fraction of sp³-hybridized carbons (Fsp3) is 0.318. The Labute approximate surface area is 180 Å². The molecule has 30 heavy (non-hydrogen) atoms. The minimum atomic E-state index is -1.17. The molecule has 0 fully saturated rings. The van der Waals surface area contributed by atoms with Crippen LogP contribution in [0, 0.1) is 5.92 Å². The summed E-state index contributed by atoms with van der Waals surface area (Å²) in [6.45, 7) is 3.56. The van der Waals surface area contributed by atoms with E-state index in [0.717, 1.165) is 5.56 Å². The zero-order valence-electron chi connectivity index (χ0n) is 16.8. The number of amides is 2. The summed E-state index contributed by atoms with van der Waals surface area (Å²) >= 11 is 5.85. The van der Waals surface area contributed by atoms with Crippen molar-refractivity contribution in [2.75, 3.05) is 0 Å². The molecular weight excluding hydrogens is 408 g/mol. The fourth-order valence-electron chi connectivity index (χ4n) is 2.74. The SMILES string of the molecule is CC(C)[C@@H](NC(=O)OCc1ccccc1)C(=O)N[C@@H](Cc1ccc(Cl)cc1)C(=O)O. The van der Waals surface area contributed by atoms with Crippen LogP contribution in [0.25, 0.3) is 0 Å². The Morgan fingerprint density at radius 2 is 1.60 bits per heavy atom. The average Bonchev–Trinajstić information content (AvgIpc) is 2.71. The monoisotopic (exact) mass is 432 g/mol. The first-order chi connectivity index (χ1) is 14.3. The number of ether oxygens (including phenoxy) is 1. The highest BCUT2D eigenvalue weighted by atomic mass is 35.5. The van der Waals surface area contributed by atoms with Gasteiger partial charge in [0.1, 0.15) is 18.7 Å². The molecule has 2 aromatic rings. The number of halogens is 1. The van der Waals surface area contributed by atoms with Crippen molar-refractivity contribution in [3.8, 4) is 0 Å². The molecule has 7 nitrogen and oxygen atoms in total. The lowest BCUT2D eigenvalue weighted by Crippen LogP contribution is -2.54. The molecule has 0 aromatic heterocycles. The van der Waals surface area contributed by atoms with Gasteiger partial charge in [0.25, 0.3) is 0 Å². The van der Waals surface area contributed by atoms with Crippen molar-refractivity contribution in [3.05, 3.63) is 70.7 Å². The van der Waals surface area contributed by atoms with Crippen LogP contribution in [0.15, 0.2) is 54.6 Å². The molecule has 0 aliphatic rings. The average molecular weight is 433 g/mol. The smallest absolute Gasteiger partial charge is 0.408 e. The van der Waals surface area contributed by atoms with Crippen LogP contribution in [-0.2, 0) is 27.4 Å². The van der Waals surface area contributed by atoms with E-state index in [1.165, 1.54) is 0 Å². The highest BCUT2D eigenvalue weighted by molar-refractivity contribution is 6.30. The Bertz CT molecular complexity index is 856. The van der Waals surface area contributed by atoms with Gasteiger partial charge in [-0.25, -0.2) is 9.59 Å². The quantitative estimate of drug-likeness (QED) is 0.563. The second-order valence-corrected chi connectivity index (χ2v) is 7.59. The van der Waals surface area contributed by atoms with Gasteiger partial charge in [0, 0.05) is 11.4 Å². The molecule has 0 aliphatic heterocycles. The van der Waals surface area contributed by atoms with Crippen LogP contribution in [0.3, 0.4) is 0 Å². The van der Waals surface area contributed by atoms with Crippen LogP contribution >= 0.6 is 11.6 Å². The van der Waals surface area contributed by atoms with Crippen molar-refractivity contribution in [2.24, 2.45) is 5.92 Å². The largest absolute Gasteiger partial charge is 0.480 e. The van der Waals surface area contributed by atoms with Gasteiger partial charge in [0.2, 0.25) is 5.91 Å². The minimum Gasteiger partial charge on any atom is -0.480 e. The van der Waals surface area contributed by atoms with Crippen molar-refractivity contribution in [1.29, 1.82) is 0 Å². The lowest BCUT2D eigenvalue weighted by Gasteiger charge is -2.24. The van der Waals surface area contributed by atoms with Crippen LogP contribution < -0.4 is 10.6 Å². The third-order valence-corrected chi connectivity index (χ3v) is 4.65. The number of nitrogens with one attached hydrogen (secondary N) is 2. The van der Waals surface area contributed by atoms with E-state index in [0.29, 0.717) is 10.6 Å². The number of carbonyl (C=O) groups excluding carboxylic acids is 2. The van der Waals surface area contributed by atoms with E-state index < -0.39 is 30.1 Å². The van der Waals surface area contributed by atoms with Crippen molar-refractivity contribution >= 4 is 29.6 Å². The van der Waals surface area contributed by atoms with Crippen molar-refractivity contribution in [2.45, 2.75) is 39.0 Å². The number of aliphatic carboxylic acids is 1. The van der Waals surface area contributed by atoms with Crippen LogP contribution in [0.4, 0.5) is 4.79 Å². The van der Waals surface area contributed by atoms with E-state index in [9.17, 15) is 19.5 Å². The predicted molar refractivity (Wildman–Crippen MR) is 113 cm³/mol. The van der Waals surface area contributed by atoms with Crippen molar-refractivity contribution in [3.63, 3.8) is 0 Å². The molecule has 0 unspecified atom stereocenters. The highest BCUT2D eigenvalue weighted by Gasteiger charge is 2.29. The van der Waals surface area contributed by atoms with Gasteiger partial charge in [0.15, 0.2) is 0 Å². The maximum atomic E-state index is 12.7. The van der Waals surface area contributed by atoms with Gasteiger partial charge < -0.3 is 20.5 Å². The van der Waals surface area contributed by atoms with E-state index in [1.807, 2.05) is 30.3 Å². The minimum absolute atomic E-state index is 0.0629. The molecular formula is C22H25ClN2O5. The molecule has 2 atom stereocenters. The summed E-state index contributed by atoms with van der Waals surface area (Å²) in [6, 6.07) is 13.7. The molecule has 8 heteroatoms. The summed E-state index contributed by atoms with van der Waals surface area (Å²) in [5.41, 5.74) is 1.52. The van der Waals surface area contributed by atoms with Gasteiger partial charge in [-0.15, -0.1) is 0 Å². The number of carboxylic acids is 1. The number of hydrogen-bond donors (Lipinski definition) is 3. The highest BCUT2D eigenvalue weighted by Crippen LogP contribution is 2.12. The molecule has 3 N–H and O–H groups in total. The van der Waals surface area contributed by atoms with Gasteiger partial charge in [0.05, 0.1) is 0 Å². The molecule has 0 aliphatic carbocycles. The maximum Gasteiger partial charge on any atom is 0.408 e. The van der Waals surface area contributed by atoms with E-state index in [1.54, 1.807) is 38.1 Å².